The van der Waals surface area contributed by atoms with E-state index >= 15 is 0 Å². The molecule has 2 aromatic rings. The van der Waals surface area contributed by atoms with Crippen molar-refractivity contribution in [3.05, 3.63) is 59.4 Å². The molecule has 0 spiro atoms. The molecule has 1 heterocycles. The molecule has 2 N–H and O–H groups in total. The van der Waals surface area contributed by atoms with Gasteiger partial charge in [0, 0.05) is 12.7 Å². The summed E-state index contributed by atoms with van der Waals surface area (Å²) in [6.07, 6.45) is 3.24. The Hall–Kier alpha value is -2.38. The minimum absolute atomic E-state index is 0.0505. The minimum atomic E-state index is 0.0505. The van der Waals surface area contributed by atoms with Gasteiger partial charge < -0.3 is 10.4 Å². The number of aliphatic hydroxyl groups is 1. The van der Waals surface area contributed by atoms with E-state index in [1.165, 1.54) is 0 Å². The summed E-state index contributed by atoms with van der Waals surface area (Å²) < 4.78 is 0. The van der Waals surface area contributed by atoms with Crippen LogP contribution in [-0.4, -0.2) is 10.1 Å². The Morgan fingerprint density at radius 3 is 2.56 bits per heavy atom. The van der Waals surface area contributed by atoms with Crippen LogP contribution < -0.4 is 5.32 Å². The molecule has 0 saturated carbocycles. The molecule has 0 radical (unpaired) electrons. The Morgan fingerprint density at radius 1 is 1.17 bits per heavy atom. The third-order valence-corrected chi connectivity index (χ3v) is 2.63. The highest BCUT2D eigenvalue weighted by Crippen LogP contribution is 2.13. The lowest BCUT2D eigenvalue weighted by molar-refractivity contribution is 0.282. The smallest absolute Gasteiger partial charge is 0.101 e. The lowest BCUT2D eigenvalue weighted by Gasteiger charge is -2.07. The fourth-order valence-corrected chi connectivity index (χ4v) is 1.59. The summed E-state index contributed by atoms with van der Waals surface area (Å²) in [4.78, 5) is 3.99. The fourth-order valence-electron chi connectivity index (χ4n) is 1.59. The zero-order valence-electron chi connectivity index (χ0n) is 9.80. The van der Waals surface area contributed by atoms with Crippen molar-refractivity contribution in [2.75, 3.05) is 5.32 Å². The second kappa shape index (κ2) is 5.80. The van der Waals surface area contributed by atoms with E-state index in [1.54, 1.807) is 18.5 Å². The van der Waals surface area contributed by atoms with E-state index in [2.05, 4.69) is 16.4 Å². The van der Waals surface area contributed by atoms with Crippen molar-refractivity contribution >= 4 is 5.69 Å². The van der Waals surface area contributed by atoms with Crippen LogP contribution in [0.15, 0.2) is 42.7 Å². The first-order chi connectivity index (χ1) is 8.83. The van der Waals surface area contributed by atoms with Gasteiger partial charge in [0.25, 0.3) is 0 Å². The minimum Gasteiger partial charge on any atom is -0.392 e. The molecule has 0 saturated heterocycles. The van der Waals surface area contributed by atoms with E-state index < -0.39 is 0 Å². The number of rotatable bonds is 4. The number of nitrogens with one attached hydrogen (secondary N) is 1. The number of aromatic nitrogens is 1. The maximum Gasteiger partial charge on any atom is 0.101 e. The molecule has 0 unspecified atom stereocenters. The van der Waals surface area contributed by atoms with Gasteiger partial charge >= 0.3 is 0 Å². The molecule has 2 rings (SSSR count). The lowest BCUT2D eigenvalue weighted by Crippen LogP contribution is -2.01. The zero-order valence-corrected chi connectivity index (χ0v) is 9.80. The van der Waals surface area contributed by atoms with Crippen LogP contribution in [0.1, 0.15) is 16.7 Å². The number of anilines is 1. The van der Waals surface area contributed by atoms with Crippen molar-refractivity contribution < 1.29 is 5.11 Å². The number of benzene rings is 1. The van der Waals surface area contributed by atoms with E-state index in [0.29, 0.717) is 12.1 Å². The number of hydrogen-bond donors (Lipinski definition) is 2. The molecular formula is C14H13N3O. The maximum absolute atomic E-state index is 8.94. The molecule has 0 bridgehead atoms. The largest absolute Gasteiger partial charge is 0.392 e. The van der Waals surface area contributed by atoms with E-state index in [-0.39, 0.29) is 6.61 Å². The molecule has 0 amide bonds. The molecule has 1 aromatic heterocycles. The van der Waals surface area contributed by atoms with Gasteiger partial charge in [-0.2, -0.15) is 5.26 Å². The fraction of sp³-hybridized carbons (Fsp3) is 0.143. The Morgan fingerprint density at radius 2 is 1.89 bits per heavy atom. The lowest BCUT2D eigenvalue weighted by atomic mass is 10.1. The second-order valence-corrected chi connectivity index (χ2v) is 3.86. The quantitative estimate of drug-likeness (QED) is 0.856. The van der Waals surface area contributed by atoms with Gasteiger partial charge in [0.05, 0.1) is 24.1 Å². The molecular weight excluding hydrogens is 226 g/mol. The molecule has 0 aliphatic rings. The topological polar surface area (TPSA) is 68.9 Å². The molecule has 18 heavy (non-hydrogen) atoms. The highest BCUT2D eigenvalue weighted by atomic mass is 16.3. The van der Waals surface area contributed by atoms with Crippen molar-refractivity contribution in [2.45, 2.75) is 13.2 Å². The molecule has 0 fully saturated rings. The van der Waals surface area contributed by atoms with E-state index in [1.807, 2.05) is 24.3 Å². The van der Waals surface area contributed by atoms with Gasteiger partial charge in [-0.3, -0.25) is 4.98 Å². The first-order valence-electron chi connectivity index (χ1n) is 5.60. The standard InChI is InChI=1S/C14H13N3O/c15-7-13-5-6-16-9-14(13)17-8-11-1-3-12(10-18)4-2-11/h1-6,9,17-18H,8,10H2. The third kappa shape index (κ3) is 2.84. The van der Waals surface area contributed by atoms with Crippen LogP contribution in [-0.2, 0) is 13.2 Å². The molecule has 90 valence electrons. The molecule has 0 aliphatic heterocycles. The normalized spacial score (nSPS) is 9.78. The summed E-state index contributed by atoms with van der Waals surface area (Å²) in [6, 6.07) is 11.4. The SMILES string of the molecule is N#Cc1ccncc1NCc1ccc(CO)cc1. The second-order valence-electron chi connectivity index (χ2n) is 3.86. The molecule has 0 atom stereocenters. The molecule has 0 aliphatic carbocycles. The number of nitrogens with zero attached hydrogens (tertiary/aromatic N) is 2. The molecule has 1 aromatic carbocycles. The van der Waals surface area contributed by atoms with Crippen LogP contribution >= 0.6 is 0 Å². The third-order valence-electron chi connectivity index (χ3n) is 2.63. The van der Waals surface area contributed by atoms with Crippen LogP contribution in [0.5, 0.6) is 0 Å². The van der Waals surface area contributed by atoms with Crippen molar-refractivity contribution in [3.8, 4) is 6.07 Å². The van der Waals surface area contributed by atoms with E-state index in [0.717, 1.165) is 16.8 Å². The first-order valence-corrected chi connectivity index (χ1v) is 5.60. The predicted octanol–water partition coefficient (Wildman–Crippen LogP) is 2.06. The van der Waals surface area contributed by atoms with Crippen molar-refractivity contribution in [3.63, 3.8) is 0 Å². The van der Waals surface area contributed by atoms with Crippen molar-refractivity contribution in [1.29, 1.82) is 5.26 Å². The van der Waals surface area contributed by atoms with Gasteiger partial charge in [0.15, 0.2) is 0 Å². The highest BCUT2D eigenvalue weighted by Gasteiger charge is 2.00. The van der Waals surface area contributed by atoms with Crippen molar-refractivity contribution in [2.24, 2.45) is 0 Å². The van der Waals surface area contributed by atoms with Gasteiger partial charge in [-0.05, 0) is 17.2 Å². The summed E-state index contributed by atoms with van der Waals surface area (Å²) >= 11 is 0. The predicted molar refractivity (Wildman–Crippen MR) is 68.6 cm³/mol. The number of hydrogen-bond acceptors (Lipinski definition) is 4. The molecule has 4 heteroatoms. The monoisotopic (exact) mass is 239 g/mol. The Labute approximate surface area is 106 Å². The summed E-state index contributed by atoms with van der Waals surface area (Å²) in [5.74, 6) is 0. The number of aliphatic hydroxyl groups excluding tert-OH is 1. The zero-order chi connectivity index (χ0) is 12.8. The summed E-state index contributed by atoms with van der Waals surface area (Å²) in [6.45, 7) is 0.668. The average molecular weight is 239 g/mol. The van der Waals surface area contributed by atoms with Crippen molar-refractivity contribution in [1.82, 2.24) is 4.98 Å². The van der Waals surface area contributed by atoms with Gasteiger partial charge in [0.2, 0.25) is 0 Å². The first kappa shape index (κ1) is 12.1. The van der Waals surface area contributed by atoms with Gasteiger partial charge in [-0.1, -0.05) is 24.3 Å². The summed E-state index contributed by atoms with van der Waals surface area (Å²) in [7, 11) is 0. The van der Waals surface area contributed by atoms with Gasteiger partial charge in [-0.25, -0.2) is 0 Å². The Balaban J connectivity index is 2.05. The van der Waals surface area contributed by atoms with Crippen LogP contribution in [0.3, 0.4) is 0 Å². The maximum atomic E-state index is 8.94. The summed E-state index contributed by atoms with van der Waals surface area (Å²) in [5, 5.41) is 21.1. The number of nitriles is 1. The highest BCUT2D eigenvalue weighted by molar-refractivity contribution is 5.55. The van der Waals surface area contributed by atoms with Gasteiger partial charge in [-0.15, -0.1) is 0 Å². The average Bonchev–Trinajstić information content (AvgIpc) is 2.46. The molecule has 4 nitrogen and oxygen atoms in total. The van der Waals surface area contributed by atoms with Crippen LogP contribution in [0.25, 0.3) is 0 Å². The number of pyridine rings is 1. The van der Waals surface area contributed by atoms with E-state index in [9.17, 15) is 0 Å². The Kier molecular flexibility index (Phi) is 3.90. The Bertz CT molecular complexity index is 558. The van der Waals surface area contributed by atoms with Crippen LogP contribution in [0.4, 0.5) is 5.69 Å². The van der Waals surface area contributed by atoms with Gasteiger partial charge in [0.1, 0.15) is 6.07 Å². The van der Waals surface area contributed by atoms with Crippen LogP contribution in [0.2, 0.25) is 0 Å². The van der Waals surface area contributed by atoms with E-state index in [4.69, 9.17) is 10.4 Å². The summed E-state index contributed by atoms with van der Waals surface area (Å²) in [5.41, 5.74) is 3.28. The van der Waals surface area contributed by atoms with Crippen LogP contribution in [0, 0.1) is 11.3 Å².